The fraction of sp³-hybridized carbons (Fsp3) is 0.500. The summed E-state index contributed by atoms with van der Waals surface area (Å²) in [6.45, 7) is 6.91. The number of rotatable bonds is 6. The van der Waals surface area contributed by atoms with Crippen LogP contribution in [0.4, 0.5) is 0 Å². The van der Waals surface area contributed by atoms with Crippen LogP contribution in [0.15, 0.2) is 30.3 Å². The number of ether oxygens (including phenoxy) is 1. The molecule has 0 spiro atoms. The number of methoxy groups -OCH3 is 1. The van der Waals surface area contributed by atoms with Gasteiger partial charge in [0.25, 0.3) is 5.91 Å². The number of pyridine rings is 2. The SMILES string of the molecule is COc1cc(C(=O)N2[C@H]3CC[C@@H]2[C@H](N)C3)cc2nc(-c3cc4ccc(C(C)(C)N)nc4n3CC3CC3)c(C)n12. The highest BCUT2D eigenvalue weighted by Crippen LogP contribution is 2.40. The normalized spacial score (nSPS) is 22.9. The van der Waals surface area contributed by atoms with Gasteiger partial charge in [-0.25, -0.2) is 9.97 Å². The third kappa shape index (κ3) is 3.85. The maximum atomic E-state index is 13.7. The minimum absolute atomic E-state index is 0.0161. The van der Waals surface area contributed by atoms with E-state index in [9.17, 15) is 4.79 Å². The molecule has 2 bridgehead atoms. The molecule has 0 aromatic carbocycles. The van der Waals surface area contributed by atoms with Gasteiger partial charge in [0, 0.05) is 41.7 Å². The molecule has 39 heavy (non-hydrogen) atoms. The second kappa shape index (κ2) is 8.53. The van der Waals surface area contributed by atoms with Gasteiger partial charge in [-0.3, -0.25) is 9.20 Å². The smallest absolute Gasteiger partial charge is 0.254 e. The zero-order chi connectivity index (χ0) is 27.2. The summed E-state index contributed by atoms with van der Waals surface area (Å²) in [4.78, 5) is 25.8. The van der Waals surface area contributed by atoms with Crippen molar-refractivity contribution in [3.8, 4) is 17.3 Å². The van der Waals surface area contributed by atoms with Crippen LogP contribution in [-0.4, -0.2) is 55.0 Å². The summed E-state index contributed by atoms with van der Waals surface area (Å²) in [6, 6.07) is 10.4. The van der Waals surface area contributed by atoms with Crippen molar-refractivity contribution in [1.82, 2.24) is 23.8 Å². The van der Waals surface area contributed by atoms with E-state index in [1.165, 1.54) is 12.8 Å². The lowest BCUT2D eigenvalue weighted by atomic mass is 9.97. The van der Waals surface area contributed by atoms with Crippen LogP contribution in [0.1, 0.15) is 67.7 Å². The summed E-state index contributed by atoms with van der Waals surface area (Å²) in [6.07, 6.45) is 5.34. The number of imidazole rings is 1. The molecule has 3 atom stereocenters. The van der Waals surface area contributed by atoms with Gasteiger partial charge in [-0.1, -0.05) is 0 Å². The molecule has 2 aliphatic heterocycles. The van der Waals surface area contributed by atoms with E-state index in [2.05, 4.69) is 23.6 Å². The Morgan fingerprint density at radius 1 is 1.13 bits per heavy atom. The Balaban J connectivity index is 1.36. The Kier molecular flexibility index (Phi) is 5.38. The molecule has 4 aromatic heterocycles. The van der Waals surface area contributed by atoms with Crippen molar-refractivity contribution in [3.63, 3.8) is 0 Å². The predicted molar refractivity (Wildman–Crippen MR) is 151 cm³/mol. The minimum atomic E-state index is -0.531. The van der Waals surface area contributed by atoms with Crippen molar-refractivity contribution in [2.24, 2.45) is 17.4 Å². The van der Waals surface area contributed by atoms with E-state index >= 15 is 0 Å². The summed E-state index contributed by atoms with van der Waals surface area (Å²) in [5.74, 6) is 1.26. The van der Waals surface area contributed by atoms with Crippen LogP contribution >= 0.6 is 0 Å². The van der Waals surface area contributed by atoms with Crippen LogP contribution < -0.4 is 16.2 Å². The summed E-state index contributed by atoms with van der Waals surface area (Å²) in [5.41, 5.74) is 18.2. The lowest BCUT2D eigenvalue weighted by Gasteiger charge is -2.23. The third-order valence-corrected chi connectivity index (χ3v) is 8.98. The largest absolute Gasteiger partial charge is 0.482 e. The number of carbonyl (C=O) groups excluding carboxylic acids is 1. The lowest BCUT2D eigenvalue weighted by Crippen LogP contribution is -2.40. The Labute approximate surface area is 228 Å². The van der Waals surface area contributed by atoms with Crippen molar-refractivity contribution >= 4 is 22.6 Å². The standard InChI is InChI=1S/C30H37N7O2/c1-16-27(23-11-18-7-10-24(30(2,3)32)33-28(18)35(23)15-17-5-6-17)34-25-12-19(13-26(39-4)36(16)25)29(38)37-20-8-9-22(37)21(31)14-20/h7,10-13,17,20-22H,5-6,8-9,14-15,31-32H2,1-4H3/t20-,21+,22+/m0/s1. The Hall–Kier alpha value is -3.43. The highest BCUT2D eigenvalue weighted by Gasteiger charge is 2.47. The van der Waals surface area contributed by atoms with E-state index < -0.39 is 5.54 Å². The molecule has 4 N–H and O–H groups in total. The number of carbonyl (C=O) groups is 1. The Bertz CT molecular complexity index is 1620. The number of hydrogen-bond donors (Lipinski definition) is 2. The molecule has 9 nitrogen and oxygen atoms in total. The van der Waals surface area contributed by atoms with Crippen molar-refractivity contribution in [2.75, 3.05) is 7.11 Å². The van der Waals surface area contributed by atoms with Crippen molar-refractivity contribution < 1.29 is 9.53 Å². The maximum absolute atomic E-state index is 13.7. The van der Waals surface area contributed by atoms with Crippen molar-refractivity contribution in [3.05, 3.63) is 47.3 Å². The number of hydrogen-bond acceptors (Lipinski definition) is 6. The van der Waals surface area contributed by atoms with Crippen LogP contribution in [-0.2, 0) is 12.1 Å². The molecule has 9 heteroatoms. The molecule has 3 aliphatic rings. The molecule has 1 amide bonds. The van der Waals surface area contributed by atoms with Gasteiger partial charge >= 0.3 is 0 Å². The van der Waals surface area contributed by atoms with Crippen molar-refractivity contribution in [1.29, 1.82) is 0 Å². The number of nitrogens with two attached hydrogens (primary N) is 2. The monoisotopic (exact) mass is 527 g/mol. The van der Waals surface area contributed by atoms with Crippen LogP contribution in [0, 0.1) is 12.8 Å². The summed E-state index contributed by atoms with van der Waals surface area (Å²) in [5, 5.41) is 1.07. The van der Waals surface area contributed by atoms with Crippen LogP contribution in [0.3, 0.4) is 0 Å². The van der Waals surface area contributed by atoms with Gasteiger partial charge < -0.3 is 25.7 Å². The van der Waals surface area contributed by atoms with E-state index in [4.69, 9.17) is 26.2 Å². The molecule has 1 aliphatic carbocycles. The molecule has 2 saturated heterocycles. The fourth-order valence-electron chi connectivity index (χ4n) is 6.72. The second-order valence-corrected chi connectivity index (χ2v) is 12.4. The van der Waals surface area contributed by atoms with Crippen LogP contribution in [0.25, 0.3) is 28.1 Å². The lowest BCUT2D eigenvalue weighted by molar-refractivity contribution is 0.0726. The second-order valence-electron chi connectivity index (χ2n) is 12.4. The first kappa shape index (κ1) is 24.6. The maximum Gasteiger partial charge on any atom is 0.254 e. The van der Waals surface area contributed by atoms with E-state index in [-0.39, 0.29) is 24.0 Å². The first-order chi connectivity index (χ1) is 18.6. The molecule has 6 heterocycles. The highest BCUT2D eigenvalue weighted by atomic mass is 16.5. The van der Waals surface area contributed by atoms with Crippen molar-refractivity contribution in [2.45, 2.75) is 83.1 Å². The van der Waals surface area contributed by atoms with Gasteiger partial charge in [0.05, 0.1) is 29.7 Å². The fourth-order valence-corrected chi connectivity index (χ4v) is 6.72. The zero-order valence-electron chi connectivity index (χ0n) is 23.1. The van der Waals surface area contributed by atoms with E-state index in [0.717, 1.165) is 59.6 Å². The van der Waals surface area contributed by atoms with E-state index in [0.29, 0.717) is 23.0 Å². The third-order valence-electron chi connectivity index (χ3n) is 8.98. The molecular formula is C30H37N7O2. The molecule has 0 unspecified atom stereocenters. The summed E-state index contributed by atoms with van der Waals surface area (Å²) >= 11 is 0. The molecular weight excluding hydrogens is 490 g/mol. The van der Waals surface area contributed by atoms with Crippen LogP contribution in [0.2, 0.25) is 0 Å². The average Bonchev–Trinajstić information content (AvgIpc) is 3.22. The van der Waals surface area contributed by atoms with Gasteiger partial charge in [-0.2, -0.15) is 0 Å². The molecule has 3 fully saturated rings. The number of fused-ring (bicyclic) bond motifs is 4. The van der Waals surface area contributed by atoms with Gasteiger partial charge in [-0.05, 0) is 83.1 Å². The number of amides is 1. The Morgan fingerprint density at radius 3 is 2.56 bits per heavy atom. The first-order valence-electron chi connectivity index (χ1n) is 14.1. The zero-order valence-corrected chi connectivity index (χ0v) is 23.1. The Morgan fingerprint density at radius 2 is 1.92 bits per heavy atom. The summed E-state index contributed by atoms with van der Waals surface area (Å²) < 4.78 is 10.1. The minimum Gasteiger partial charge on any atom is -0.482 e. The van der Waals surface area contributed by atoms with Gasteiger partial charge in [0.2, 0.25) is 0 Å². The van der Waals surface area contributed by atoms with Gasteiger partial charge in [0.15, 0.2) is 5.88 Å². The number of nitrogens with zero attached hydrogens (tertiary/aromatic N) is 5. The number of aryl methyl sites for hydroxylation is 1. The first-order valence-corrected chi connectivity index (χ1v) is 14.1. The molecule has 0 radical (unpaired) electrons. The topological polar surface area (TPSA) is 117 Å². The molecule has 204 valence electrons. The van der Waals surface area contributed by atoms with Gasteiger partial charge in [-0.15, -0.1) is 0 Å². The van der Waals surface area contributed by atoms with E-state index in [1.54, 1.807) is 7.11 Å². The molecule has 4 aromatic rings. The quantitative estimate of drug-likeness (QED) is 0.392. The number of aromatic nitrogens is 4. The van der Waals surface area contributed by atoms with Crippen LogP contribution in [0.5, 0.6) is 5.88 Å². The van der Waals surface area contributed by atoms with E-state index in [1.807, 2.05) is 41.3 Å². The predicted octanol–water partition coefficient (Wildman–Crippen LogP) is 3.98. The molecule has 7 rings (SSSR count). The van der Waals surface area contributed by atoms with Gasteiger partial charge in [0.1, 0.15) is 17.0 Å². The molecule has 1 saturated carbocycles. The summed E-state index contributed by atoms with van der Waals surface area (Å²) in [7, 11) is 1.64. The average molecular weight is 528 g/mol. The highest BCUT2D eigenvalue weighted by molar-refractivity contribution is 5.96.